The number of carbonyl (C=O) groups excluding carboxylic acids is 1. The van der Waals surface area contributed by atoms with Gasteiger partial charge in [-0.3, -0.25) is 0 Å². The van der Waals surface area contributed by atoms with Crippen molar-refractivity contribution < 1.29 is 9.18 Å². The Morgan fingerprint density at radius 3 is 2.31 bits per heavy atom. The number of rotatable bonds is 3. The van der Waals surface area contributed by atoms with Gasteiger partial charge in [0.25, 0.3) is 0 Å². The number of carbonyl (C=O) groups is 1. The first-order valence-electron chi connectivity index (χ1n) is 3.94. The van der Waals surface area contributed by atoms with Crippen LogP contribution in [0.25, 0.3) is 0 Å². The molecule has 0 radical (unpaired) electrons. The molecule has 2 N–H and O–H groups in total. The van der Waals surface area contributed by atoms with Crippen molar-refractivity contribution in [1.29, 1.82) is 0 Å². The summed E-state index contributed by atoms with van der Waals surface area (Å²) >= 11 is 5.19. The molecule has 0 fully saturated rings. The molecular formula is C7H13ClFN3O. The van der Waals surface area contributed by atoms with Crippen LogP contribution in [-0.4, -0.2) is 35.5 Å². The number of hydrogen-bond donors (Lipinski definition) is 1. The number of halogens is 2. The fourth-order valence-electron chi connectivity index (χ4n) is 0.918. The largest absolute Gasteiger partial charge is 0.357 e. The van der Waals surface area contributed by atoms with Gasteiger partial charge in [-0.15, -0.1) is 0 Å². The molecule has 0 bridgehead atoms. The van der Waals surface area contributed by atoms with Crippen molar-refractivity contribution in [1.82, 2.24) is 4.90 Å². The summed E-state index contributed by atoms with van der Waals surface area (Å²) in [5.41, 5.74) is 3.00. The van der Waals surface area contributed by atoms with Gasteiger partial charge in [0.1, 0.15) is 0 Å². The molecular weight excluding hydrogens is 197 g/mol. The lowest BCUT2D eigenvalue weighted by Crippen LogP contribution is -2.36. The van der Waals surface area contributed by atoms with Crippen molar-refractivity contribution in [2.45, 2.75) is 19.5 Å². The zero-order chi connectivity index (χ0) is 10.4. The maximum atomic E-state index is 12.7. The first-order chi connectivity index (χ1) is 6.02. The van der Waals surface area contributed by atoms with Crippen LogP contribution in [-0.2, 0) is 0 Å². The van der Waals surface area contributed by atoms with Crippen LogP contribution in [0.5, 0.6) is 0 Å². The summed E-state index contributed by atoms with van der Waals surface area (Å²) in [6.45, 7) is 4.66. The summed E-state index contributed by atoms with van der Waals surface area (Å²) < 4.78 is 12.7. The Morgan fingerprint density at radius 2 is 2.08 bits per heavy atom. The molecule has 6 heteroatoms. The zero-order valence-corrected chi connectivity index (χ0v) is 8.38. The van der Waals surface area contributed by atoms with Gasteiger partial charge in [-0.25, -0.2) is 9.18 Å². The number of alkyl halides is 2. The second-order valence-corrected chi connectivity index (χ2v) is 2.66. The van der Waals surface area contributed by atoms with E-state index < -0.39 is 11.7 Å². The van der Waals surface area contributed by atoms with Crippen molar-refractivity contribution in [3.63, 3.8) is 0 Å². The van der Waals surface area contributed by atoms with Crippen molar-refractivity contribution in [3.8, 4) is 0 Å². The van der Waals surface area contributed by atoms with Gasteiger partial charge < -0.3 is 10.6 Å². The highest BCUT2D eigenvalue weighted by Gasteiger charge is 2.17. The van der Waals surface area contributed by atoms with E-state index in [9.17, 15) is 9.18 Å². The molecule has 0 aromatic carbocycles. The fourth-order valence-corrected chi connectivity index (χ4v) is 1.10. The van der Waals surface area contributed by atoms with Gasteiger partial charge >= 0.3 is 6.03 Å². The molecule has 0 spiro atoms. The highest BCUT2D eigenvalue weighted by molar-refractivity contribution is 6.31. The molecule has 0 aromatic heterocycles. The van der Waals surface area contributed by atoms with Crippen LogP contribution in [0.4, 0.5) is 9.18 Å². The Balaban J connectivity index is 4.68. The molecule has 4 nitrogen and oxygen atoms in total. The third-order valence-electron chi connectivity index (χ3n) is 1.51. The number of aliphatic imine (C=N–C) groups is 1. The lowest BCUT2D eigenvalue weighted by atomic mass is 10.4. The Kier molecular flexibility index (Phi) is 5.37. The van der Waals surface area contributed by atoms with Crippen LogP contribution in [0.15, 0.2) is 4.99 Å². The molecule has 0 aliphatic rings. The number of amidine groups is 1. The molecule has 0 aliphatic carbocycles. The third kappa shape index (κ3) is 4.07. The van der Waals surface area contributed by atoms with E-state index in [4.69, 9.17) is 17.3 Å². The number of hydrogen-bond acceptors (Lipinski definition) is 1. The molecule has 1 atom stereocenters. The van der Waals surface area contributed by atoms with E-state index in [2.05, 4.69) is 4.99 Å². The first kappa shape index (κ1) is 12.2. The minimum atomic E-state index is -1.80. The van der Waals surface area contributed by atoms with Gasteiger partial charge in [0.15, 0.2) is 5.84 Å². The summed E-state index contributed by atoms with van der Waals surface area (Å²) in [6, 6.07) is -0.940. The predicted molar refractivity (Wildman–Crippen MR) is 50.7 cm³/mol. The van der Waals surface area contributed by atoms with Crippen molar-refractivity contribution in [3.05, 3.63) is 0 Å². The summed E-state index contributed by atoms with van der Waals surface area (Å²) in [4.78, 5) is 15.3. The lowest BCUT2D eigenvalue weighted by Gasteiger charge is -2.22. The number of nitrogens with zero attached hydrogens (tertiary/aromatic N) is 2. The molecule has 13 heavy (non-hydrogen) atoms. The van der Waals surface area contributed by atoms with Crippen LogP contribution in [0, 0.1) is 0 Å². The van der Waals surface area contributed by atoms with Crippen LogP contribution >= 0.6 is 11.6 Å². The van der Waals surface area contributed by atoms with Crippen LogP contribution in [0.3, 0.4) is 0 Å². The van der Waals surface area contributed by atoms with Gasteiger partial charge in [0, 0.05) is 13.1 Å². The third-order valence-corrected chi connectivity index (χ3v) is 1.70. The number of primary amides is 1. The van der Waals surface area contributed by atoms with Gasteiger partial charge in [-0.1, -0.05) is 11.6 Å². The SMILES string of the molecule is CCN(CC)/C(=N/C(N)=O)C(F)Cl. The lowest BCUT2D eigenvalue weighted by molar-refractivity contribution is 0.256. The molecule has 0 rings (SSSR count). The van der Waals surface area contributed by atoms with Crippen LogP contribution in [0.2, 0.25) is 0 Å². The maximum absolute atomic E-state index is 12.7. The quantitative estimate of drug-likeness (QED) is 0.433. The van der Waals surface area contributed by atoms with Crippen LogP contribution < -0.4 is 5.73 Å². The Morgan fingerprint density at radius 1 is 1.62 bits per heavy atom. The van der Waals surface area contributed by atoms with E-state index in [0.717, 1.165) is 0 Å². The van der Waals surface area contributed by atoms with Gasteiger partial charge in [0.2, 0.25) is 5.63 Å². The van der Waals surface area contributed by atoms with Gasteiger partial charge in [-0.05, 0) is 13.8 Å². The summed E-state index contributed by atoms with van der Waals surface area (Å²) in [5, 5.41) is 0. The fraction of sp³-hybridized carbons (Fsp3) is 0.714. The van der Waals surface area contributed by atoms with Crippen LogP contribution in [0.1, 0.15) is 13.8 Å². The average molecular weight is 210 g/mol. The number of urea groups is 1. The van der Waals surface area contributed by atoms with E-state index in [1.807, 2.05) is 0 Å². The van der Waals surface area contributed by atoms with E-state index in [1.165, 1.54) is 4.90 Å². The minimum Gasteiger partial charge on any atom is -0.357 e. The highest BCUT2D eigenvalue weighted by Crippen LogP contribution is 2.06. The highest BCUT2D eigenvalue weighted by atomic mass is 35.5. The Labute approximate surface area is 81.6 Å². The molecule has 76 valence electrons. The second kappa shape index (κ2) is 5.75. The first-order valence-corrected chi connectivity index (χ1v) is 4.37. The minimum absolute atomic E-state index is 0.126. The van der Waals surface area contributed by atoms with Gasteiger partial charge in [-0.2, -0.15) is 4.99 Å². The summed E-state index contributed by atoms with van der Waals surface area (Å²) in [6.07, 6.45) is 0. The zero-order valence-electron chi connectivity index (χ0n) is 7.63. The number of nitrogens with two attached hydrogens (primary N) is 1. The normalized spacial score (nSPS) is 14.0. The topological polar surface area (TPSA) is 58.7 Å². The van der Waals surface area contributed by atoms with Gasteiger partial charge in [0.05, 0.1) is 0 Å². The van der Waals surface area contributed by atoms with Crippen molar-refractivity contribution in [2.24, 2.45) is 10.7 Å². The molecule has 0 aromatic rings. The van der Waals surface area contributed by atoms with E-state index in [0.29, 0.717) is 13.1 Å². The standard InChI is InChI=1S/C7H13ClFN3O/c1-3-12(4-2)6(5(8)9)11-7(10)13/h5H,3-4H2,1-2H3,(H2,10,13)/b11-6+. The molecule has 0 saturated carbocycles. The van der Waals surface area contributed by atoms with Crippen molar-refractivity contribution in [2.75, 3.05) is 13.1 Å². The average Bonchev–Trinajstić information content (AvgIpc) is 2.04. The van der Waals surface area contributed by atoms with E-state index in [1.54, 1.807) is 13.8 Å². The second-order valence-electron chi connectivity index (χ2n) is 2.28. The smallest absolute Gasteiger partial charge is 0.340 e. The monoisotopic (exact) mass is 209 g/mol. The van der Waals surface area contributed by atoms with Crippen molar-refractivity contribution >= 4 is 23.5 Å². The molecule has 0 heterocycles. The summed E-state index contributed by atoms with van der Waals surface area (Å²) in [7, 11) is 0. The van der Waals surface area contributed by atoms with E-state index >= 15 is 0 Å². The summed E-state index contributed by atoms with van der Waals surface area (Å²) in [5.74, 6) is -0.126. The predicted octanol–water partition coefficient (Wildman–Crippen LogP) is 1.34. The molecule has 1 unspecified atom stereocenters. The number of amides is 2. The molecule has 0 aliphatic heterocycles. The molecule has 2 amide bonds. The van der Waals surface area contributed by atoms with E-state index in [-0.39, 0.29) is 5.84 Å². The maximum Gasteiger partial charge on any atom is 0.340 e. The Bertz CT molecular complexity index is 204. The molecule has 0 saturated heterocycles. The Hall–Kier alpha value is -0.840.